The molecule has 1 rings (SSSR count). The fourth-order valence-corrected chi connectivity index (χ4v) is 2.23. The van der Waals surface area contributed by atoms with Gasteiger partial charge in [0.25, 0.3) is 0 Å². The van der Waals surface area contributed by atoms with Crippen LogP contribution < -0.4 is 0 Å². The minimum Gasteiger partial charge on any atom is -0.464 e. The molecule has 2 atom stereocenters. The van der Waals surface area contributed by atoms with Gasteiger partial charge in [-0.25, -0.2) is 9.59 Å². The summed E-state index contributed by atoms with van der Waals surface area (Å²) in [6.45, 7) is 10.7. The van der Waals surface area contributed by atoms with Gasteiger partial charge in [-0.15, -0.1) is 0 Å². The number of aliphatic hydroxyl groups is 1. The SMILES string of the molecule is CCOC(=O)[C@@H]1CC(C)(C)C(O)N1C(=O)OC(C)(C)C. The zero-order valence-corrected chi connectivity index (χ0v) is 13.1. The average Bonchev–Trinajstić information content (AvgIpc) is 2.48. The van der Waals surface area contributed by atoms with Crippen molar-refractivity contribution in [2.75, 3.05) is 6.61 Å². The first kappa shape index (κ1) is 16.8. The number of likely N-dealkylation sites (tertiary alicyclic amines) is 1. The molecule has 6 heteroatoms. The van der Waals surface area contributed by atoms with E-state index in [0.29, 0.717) is 6.42 Å². The second-order valence-electron chi connectivity index (χ2n) is 6.72. The molecule has 0 bridgehead atoms. The molecule has 1 amide bonds. The first-order valence-electron chi connectivity index (χ1n) is 6.85. The molecule has 1 saturated heterocycles. The summed E-state index contributed by atoms with van der Waals surface area (Å²) in [7, 11) is 0. The lowest BCUT2D eigenvalue weighted by atomic mass is 9.89. The normalized spacial score (nSPS) is 25.4. The number of nitrogens with zero attached hydrogens (tertiary/aromatic N) is 1. The number of carbonyl (C=O) groups excluding carboxylic acids is 2. The van der Waals surface area contributed by atoms with Crippen LogP contribution in [0.1, 0.15) is 48.0 Å². The van der Waals surface area contributed by atoms with E-state index >= 15 is 0 Å². The van der Waals surface area contributed by atoms with Crippen molar-refractivity contribution in [3.05, 3.63) is 0 Å². The zero-order chi connectivity index (χ0) is 15.7. The highest BCUT2D eigenvalue weighted by atomic mass is 16.6. The third-order valence-electron chi connectivity index (χ3n) is 3.18. The summed E-state index contributed by atoms with van der Waals surface area (Å²) in [6.07, 6.45) is -1.44. The van der Waals surface area contributed by atoms with Gasteiger partial charge in [0.05, 0.1) is 6.61 Å². The van der Waals surface area contributed by atoms with Crippen LogP contribution in [0, 0.1) is 5.41 Å². The van der Waals surface area contributed by atoms with Crippen molar-refractivity contribution in [3.63, 3.8) is 0 Å². The molecule has 1 heterocycles. The largest absolute Gasteiger partial charge is 0.464 e. The lowest BCUT2D eigenvalue weighted by molar-refractivity contribution is -0.150. The number of ether oxygens (including phenoxy) is 2. The molecule has 0 aromatic heterocycles. The average molecular weight is 287 g/mol. The predicted octanol–water partition coefficient (Wildman–Crippen LogP) is 1.90. The van der Waals surface area contributed by atoms with Crippen LogP contribution >= 0.6 is 0 Å². The van der Waals surface area contributed by atoms with E-state index in [9.17, 15) is 14.7 Å². The number of aliphatic hydroxyl groups excluding tert-OH is 1. The van der Waals surface area contributed by atoms with E-state index in [4.69, 9.17) is 9.47 Å². The maximum atomic E-state index is 12.2. The summed E-state index contributed by atoms with van der Waals surface area (Å²) in [5.74, 6) is -0.511. The van der Waals surface area contributed by atoms with Gasteiger partial charge in [-0.05, 0) is 34.1 Å². The van der Waals surface area contributed by atoms with Crippen molar-refractivity contribution < 1.29 is 24.2 Å². The topological polar surface area (TPSA) is 76.1 Å². The number of hydrogen-bond acceptors (Lipinski definition) is 5. The summed E-state index contributed by atoms with van der Waals surface area (Å²) >= 11 is 0. The molecular weight excluding hydrogens is 262 g/mol. The van der Waals surface area contributed by atoms with Gasteiger partial charge < -0.3 is 14.6 Å². The summed E-state index contributed by atoms with van der Waals surface area (Å²) in [5.41, 5.74) is -1.28. The third-order valence-corrected chi connectivity index (χ3v) is 3.18. The fraction of sp³-hybridized carbons (Fsp3) is 0.857. The maximum Gasteiger partial charge on any atom is 0.413 e. The van der Waals surface area contributed by atoms with Gasteiger partial charge in [-0.3, -0.25) is 4.90 Å². The van der Waals surface area contributed by atoms with Gasteiger partial charge in [0.15, 0.2) is 0 Å². The minimum absolute atomic E-state index is 0.230. The lowest BCUT2D eigenvalue weighted by Gasteiger charge is -2.31. The molecule has 20 heavy (non-hydrogen) atoms. The van der Waals surface area contributed by atoms with E-state index in [2.05, 4.69) is 0 Å². The Balaban J connectivity index is 2.98. The Bertz CT molecular complexity index is 386. The highest BCUT2D eigenvalue weighted by molar-refractivity contribution is 5.82. The van der Waals surface area contributed by atoms with Crippen molar-refractivity contribution in [2.45, 2.75) is 65.8 Å². The van der Waals surface area contributed by atoms with Crippen molar-refractivity contribution in [3.8, 4) is 0 Å². The summed E-state index contributed by atoms with van der Waals surface area (Å²) in [4.78, 5) is 25.3. The van der Waals surface area contributed by atoms with Crippen LogP contribution in [0.5, 0.6) is 0 Å². The Kier molecular flexibility index (Phi) is 4.69. The number of esters is 1. The van der Waals surface area contributed by atoms with Gasteiger partial charge in [0.2, 0.25) is 0 Å². The molecular formula is C14H25NO5. The quantitative estimate of drug-likeness (QED) is 0.785. The van der Waals surface area contributed by atoms with E-state index in [1.54, 1.807) is 41.5 Å². The Hall–Kier alpha value is -1.30. The van der Waals surface area contributed by atoms with E-state index in [0.717, 1.165) is 4.90 Å². The van der Waals surface area contributed by atoms with Gasteiger partial charge in [-0.2, -0.15) is 0 Å². The molecule has 6 nitrogen and oxygen atoms in total. The third kappa shape index (κ3) is 3.62. The van der Waals surface area contributed by atoms with Crippen molar-refractivity contribution in [1.82, 2.24) is 4.90 Å². The van der Waals surface area contributed by atoms with Crippen LogP contribution in [0.15, 0.2) is 0 Å². The Morgan fingerprint density at radius 3 is 2.35 bits per heavy atom. The van der Waals surface area contributed by atoms with Gasteiger partial charge in [0, 0.05) is 5.41 Å². The molecule has 0 saturated carbocycles. The van der Waals surface area contributed by atoms with E-state index in [1.807, 2.05) is 0 Å². The predicted molar refractivity (Wildman–Crippen MR) is 72.9 cm³/mol. The Labute approximate surface area is 120 Å². The molecule has 1 aliphatic rings. The molecule has 0 spiro atoms. The van der Waals surface area contributed by atoms with Gasteiger partial charge in [-0.1, -0.05) is 13.8 Å². The summed E-state index contributed by atoms with van der Waals surface area (Å²) in [5, 5.41) is 10.3. The first-order valence-corrected chi connectivity index (χ1v) is 6.85. The van der Waals surface area contributed by atoms with Gasteiger partial charge in [0.1, 0.15) is 17.9 Å². The molecule has 1 unspecified atom stereocenters. The molecule has 116 valence electrons. The van der Waals surface area contributed by atoms with Crippen LogP contribution in [-0.4, -0.2) is 46.5 Å². The van der Waals surface area contributed by atoms with Crippen LogP contribution in [-0.2, 0) is 14.3 Å². The Morgan fingerprint density at radius 1 is 1.35 bits per heavy atom. The summed E-state index contributed by atoms with van der Waals surface area (Å²) < 4.78 is 10.2. The van der Waals surface area contributed by atoms with Crippen LogP contribution in [0.2, 0.25) is 0 Å². The molecule has 0 radical (unpaired) electrons. The second-order valence-corrected chi connectivity index (χ2v) is 6.72. The second kappa shape index (κ2) is 5.60. The molecule has 1 aliphatic heterocycles. The molecule has 1 fully saturated rings. The molecule has 0 aliphatic carbocycles. The maximum absolute atomic E-state index is 12.2. The van der Waals surface area contributed by atoms with E-state index < -0.39 is 35.3 Å². The number of rotatable bonds is 2. The monoisotopic (exact) mass is 287 g/mol. The fourth-order valence-electron chi connectivity index (χ4n) is 2.23. The number of amides is 1. The standard InChI is InChI=1S/C14H25NO5/c1-7-19-10(16)9-8-14(5,6)11(17)15(9)12(18)20-13(2,3)4/h9,11,17H,7-8H2,1-6H3/t9-,11?/m0/s1. The van der Waals surface area contributed by atoms with Crippen molar-refractivity contribution in [1.29, 1.82) is 0 Å². The minimum atomic E-state index is -1.08. The van der Waals surface area contributed by atoms with Crippen LogP contribution in [0.4, 0.5) is 4.79 Å². The first-order chi connectivity index (χ1) is 8.99. The number of carbonyl (C=O) groups is 2. The molecule has 0 aromatic rings. The summed E-state index contributed by atoms with van der Waals surface area (Å²) in [6, 6.07) is -0.810. The van der Waals surface area contributed by atoms with E-state index in [-0.39, 0.29) is 6.61 Å². The van der Waals surface area contributed by atoms with Crippen molar-refractivity contribution >= 4 is 12.1 Å². The highest BCUT2D eigenvalue weighted by Crippen LogP contribution is 2.40. The Morgan fingerprint density at radius 2 is 1.90 bits per heavy atom. The molecule has 1 N–H and O–H groups in total. The van der Waals surface area contributed by atoms with Gasteiger partial charge >= 0.3 is 12.1 Å². The van der Waals surface area contributed by atoms with Crippen LogP contribution in [0.3, 0.4) is 0 Å². The lowest BCUT2D eigenvalue weighted by Crippen LogP contribution is -2.49. The molecule has 0 aromatic carbocycles. The number of hydrogen-bond donors (Lipinski definition) is 1. The highest BCUT2D eigenvalue weighted by Gasteiger charge is 2.52. The smallest absolute Gasteiger partial charge is 0.413 e. The van der Waals surface area contributed by atoms with E-state index in [1.165, 1.54) is 0 Å². The van der Waals surface area contributed by atoms with Crippen LogP contribution in [0.25, 0.3) is 0 Å². The zero-order valence-electron chi connectivity index (χ0n) is 13.1. The van der Waals surface area contributed by atoms with Crippen molar-refractivity contribution in [2.24, 2.45) is 5.41 Å².